The van der Waals surface area contributed by atoms with E-state index < -0.39 is 0 Å². The molecule has 1 amide bonds. The van der Waals surface area contributed by atoms with Crippen molar-refractivity contribution >= 4 is 28.5 Å². The number of fused-ring (bicyclic) bond motifs is 2. The first-order valence-corrected chi connectivity index (χ1v) is 11.3. The summed E-state index contributed by atoms with van der Waals surface area (Å²) in [7, 11) is 0. The van der Waals surface area contributed by atoms with E-state index in [1.165, 1.54) is 22.0 Å². The van der Waals surface area contributed by atoms with Crippen molar-refractivity contribution < 1.29 is 9.53 Å². The lowest BCUT2D eigenvalue weighted by molar-refractivity contribution is -0.121. The van der Waals surface area contributed by atoms with Gasteiger partial charge in [-0.05, 0) is 56.0 Å². The highest BCUT2D eigenvalue weighted by molar-refractivity contribution is 5.97. The molecule has 1 aromatic heterocycles. The Morgan fingerprint density at radius 2 is 2.09 bits per heavy atom. The van der Waals surface area contributed by atoms with Crippen LogP contribution in [0, 0.1) is 6.92 Å². The molecule has 0 spiro atoms. The first kappa shape index (κ1) is 21.7. The van der Waals surface area contributed by atoms with Crippen LogP contribution >= 0.6 is 0 Å². The lowest BCUT2D eigenvalue weighted by Crippen LogP contribution is -2.40. The predicted octanol–water partition coefficient (Wildman–Crippen LogP) is 3.39. The number of amides is 1. The third-order valence-electron chi connectivity index (χ3n) is 5.57. The van der Waals surface area contributed by atoms with Crippen molar-refractivity contribution in [3.05, 3.63) is 59.8 Å². The Labute approximate surface area is 188 Å². The smallest absolute Gasteiger partial charge is 0.265 e. The number of hydrogen-bond acceptors (Lipinski definition) is 3. The van der Waals surface area contributed by atoms with Crippen molar-refractivity contribution in [2.45, 2.75) is 26.7 Å². The number of nitrogens with one attached hydrogen (secondary N) is 3. The number of carbonyl (C=O) groups is 1. The fraction of sp³-hybridized carbons (Fsp3) is 0.360. The van der Waals surface area contributed by atoms with Crippen LogP contribution in [0.1, 0.15) is 24.5 Å². The molecule has 0 saturated heterocycles. The van der Waals surface area contributed by atoms with Crippen molar-refractivity contribution in [3.8, 4) is 5.75 Å². The molecule has 0 fully saturated rings. The number of aryl methyl sites for hydroxylation is 1. The Bertz CT molecular complexity index is 1100. The number of nitrogens with zero attached hydrogens (tertiary/aromatic N) is 2. The van der Waals surface area contributed by atoms with Crippen LogP contribution in [0.4, 0.5) is 5.69 Å². The van der Waals surface area contributed by atoms with Crippen LogP contribution in [0.2, 0.25) is 0 Å². The van der Waals surface area contributed by atoms with Gasteiger partial charge >= 0.3 is 0 Å². The Hall–Kier alpha value is -3.48. The number of aliphatic imine (C=N–C) groups is 1. The summed E-state index contributed by atoms with van der Waals surface area (Å²) < 4.78 is 5.51. The molecule has 0 saturated carbocycles. The molecule has 0 atom stereocenters. The SMILES string of the molecule is CCNC(=NCCCN1C(=O)COc2ccccc21)NCCc1c[nH]c2cc(C)ccc12. The van der Waals surface area contributed by atoms with Crippen molar-refractivity contribution in [2.75, 3.05) is 37.7 Å². The molecule has 168 valence electrons. The van der Waals surface area contributed by atoms with Gasteiger partial charge in [-0.2, -0.15) is 0 Å². The van der Waals surface area contributed by atoms with Crippen LogP contribution in [-0.4, -0.2) is 49.6 Å². The minimum absolute atomic E-state index is 0.00775. The third-order valence-corrected chi connectivity index (χ3v) is 5.57. The van der Waals surface area contributed by atoms with Gasteiger partial charge in [-0.15, -0.1) is 0 Å². The summed E-state index contributed by atoms with van der Waals surface area (Å²) in [6, 6.07) is 14.2. The number of anilines is 1. The summed E-state index contributed by atoms with van der Waals surface area (Å²) in [5.41, 5.74) is 4.58. The molecule has 2 heterocycles. The van der Waals surface area contributed by atoms with E-state index >= 15 is 0 Å². The summed E-state index contributed by atoms with van der Waals surface area (Å²) >= 11 is 0. The van der Waals surface area contributed by atoms with Gasteiger partial charge in [0.15, 0.2) is 12.6 Å². The third kappa shape index (κ3) is 5.04. The first-order valence-electron chi connectivity index (χ1n) is 11.3. The maximum Gasteiger partial charge on any atom is 0.265 e. The second-order valence-corrected chi connectivity index (χ2v) is 7.96. The van der Waals surface area contributed by atoms with Crippen molar-refractivity contribution in [1.29, 1.82) is 0 Å². The summed E-state index contributed by atoms with van der Waals surface area (Å²) in [6.45, 7) is 7.11. The lowest BCUT2D eigenvalue weighted by atomic mass is 10.1. The Morgan fingerprint density at radius 3 is 2.97 bits per heavy atom. The highest BCUT2D eigenvalue weighted by Gasteiger charge is 2.24. The molecule has 7 nitrogen and oxygen atoms in total. The van der Waals surface area contributed by atoms with Gasteiger partial charge in [-0.25, -0.2) is 0 Å². The number of guanidine groups is 1. The number of ether oxygens (including phenoxy) is 1. The standard InChI is InChI=1S/C25H31N5O2/c1-3-26-25(28-13-11-19-16-29-21-15-18(2)9-10-20(19)21)27-12-6-14-30-22-7-4-5-8-23(22)32-17-24(30)31/h4-5,7-10,15-16,29H,3,6,11-14,17H2,1-2H3,(H2,26,27,28). The second-order valence-electron chi connectivity index (χ2n) is 7.96. The molecule has 0 unspecified atom stereocenters. The van der Waals surface area contributed by atoms with Gasteiger partial charge in [0.05, 0.1) is 5.69 Å². The number of rotatable bonds is 8. The van der Waals surface area contributed by atoms with Crippen LogP contribution in [0.3, 0.4) is 0 Å². The summed E-state index contributed by atoms with van der Waals surface area (Å²) in [5, 5.41) is 8.00. The van der Waals surface area contributed by atoms with Gasteiger partial charge in [0.25, 0.3) is 5.91 Å². The maximum atomic E-state index is 12.3. The monoisotopic (exact) mass is 433 g/mol. The number of carbonyl (C=O) groups excluding carboxylic acids is 1. The molecule has 1 aliphatic rings. The van der Waals surface area contributed by atoms with E-state index in [2.05, 4.69) is 58.9 Å². The fourth-order valence-corrected chi connectivity index (χ4v) is 3.98. The number of H-pyrrole nitrogens is 1. The van der Waals surface area contributed by atoms with E-state index in [4.69, 9.17) is 4.74 Å². The van der Waals surface area contributed by atoms with Crippen molar-refractivity contribution in [1.82, 2.24) is 15.6 Å². The average Bonchev–Trinajstić information content (AvgIpc) is 3.19. The van der Waals surface area contributed by atoms with Gasteiger partial charge in [0.2, 0.25) is 0 Å². The molecule has 3 N–H and O–H groups in total. The van der Waals surface area contributed by atoms with Gasteiger partial charge in [0, 0.05) is 43.3 Å². The summed E-state index contributed by atoms with van der Waals surface area (Å²) in [4.78, 5) is 22.1. The van der Waals surface area contributed by atoms with Gasteiger partial charge in [-0.1, -0.05) is 24.3 Å². The average molecular weight is 434 g/mol. The summed E-state index contributed by atoms with van der Waals surface area (Å²) in [5.74, 6) is 1.56. The molecule has 0 radical (unpaired) electrons. The Morgan fingerprint density at radius 1 is 1.22 bits per heavy atom. The lowest BCUT2D eigenvalue weighted by Gasteiger charge is -2.29. The number of hydrogen-bond donors (Lipinski definition) is 3. The molecule has 0 bridgehead atoms. The Balaban J connectivity index is 1.29. The molecular formula is C25H31N5O2. The van der Waals surface area contributed by atoms with Crippen LogP contribution < -0.4 is 20.3 Å². The zero-order chi connectivity index (χ0) is 22.3. The Kier molecular flexibility index (Phi) is 6.94. The molecule has 0 aliphatic carbocycles. The van der Waals surface area contributed by atoms with Crippen LogP contribution in [0.15, 0.2) is 53.7 Å². The normalized spacial score (nSPS) is 13.8. The van der Waals surface area contributed by atoms with Gasteiger partial charge < -0.3 is 25.3 Å². The zero-order valence-corrected chi connectivity index (χ0v) is 18.8. The zero-order valence-electron chi connectivity index (χ0n) is 18.8. The minimum atomic E-state index is -0.00775. The van der Waals surface area contributed by atoms with E-state index in [0.29, 0.717) is 13.1 Å². The number of aromatic nitrogens is 1. The van der Waals surface area contributed by atoms with Crippen LogP contribution in [0.5, 0.6) is 5.75 Å². The van der Waals surface area contributed by atoms with E-state index in [1.807, 2.05) is 24.3 Å². The molecule has 7 heteroatoms. The maximum absolute atomic E-state index is 12.3. The van der Waals surface area contributed by atoms with E-state index in [-0.39, 0.29) is 12.5 Å². The molecule has 2 aromatic carbocycles. The van der Waals surface area contributed by atoms with E-state index in [1.54, 1.807) is 4.90 Å². The number of benzene rings is 2. The molecule has 3 aromatic rings. The van der Waals surface area contributed by atoms with Gasteiger partial charge in [-0.3, -0.25) is 9.79 Å². The first-order chi connectivity index (χ1) is 15.7. The van der Waals surface area contributed by atoms with Crippen molar-refractivity contribution in [3.63, 3.8) is 0 Å². The highest BCUT2D eigenvalue weighted by Crippen LogP contribution is 2.31. The van der Waals surface area contributed by atoms with Crippen molar-refractivity contribution in [2.24, 2.45) is 4.99 Å². The highest BCUT2D eigenvalue weighted by atomic mass is 16.5. The van der Waals surface area contributed by atoms with Gasteiger partial charge in [0.1, 0.15) is 5.75 Å². The van der Waals surface area contributed by atoms with Crippen LogP contribution in [-0.2, 0) is 11.2 Å². The second kappa shape index (κ2) is 10.2. The van der Waals surface area contributed by atoms with Crippen LogP contribution in [0.25, 0.3) is 10.9 Å². The predicted molar refractivity (Wildman–Crippen MR) is 130 cm³/mol. The molecular weight excluding hydrogens is 402 g/mol. The van der Waals surface area contributed by atoms with E-state index in [0.717, 1.165) is 43.3 Å². The number of aromatic amines is 1. The topological polar surface area (TPSA) is 81.8 Å². The van der Waals surface area contributed by atoms with E-state index in [9.17, 15) is 4.79 Å². The molecule has 1 aliphatic heterocycles. The molecule has 32 heavy (non-hydrogen) atoms. The quantitative estimate of drug-likeness (QED) is 0.289. The molecule has 4 rings (SSSR count). The fourth-order valence-electron chi connectivity index (χ4n) is 3.98. The largest absolute Gasteiger partial charge is 0.482 e. The number of para-hydroxylation sites is 2. The minimum Gasteiger partial charge on any atom is -0.482 e. The summed E-state index contributed by atoms with van der Waals surface area (Å²) in [6.07, 6.45) is 3.78.